The molecule has 0 unspecified atom stereocenters. The number of hydrogen-bond donors (Lipinski definition) is 0. The third-order valence-electron chi connectivity index (χ3n) is 2.44. The van der Waals surface area contributed by atoms with Crippen LogP contribution >= 0.6 is 15.9 Å². The maximum atomic E-state index is 11.8. The highest BCUT2D eigenvalue weighted by atomic mass is 79.9. The van der Waals surface area contributed by atoms with Crippen LogP contribution in [0.4, 0.5) is 0 Å². The molecule has 0 saturated heterocycles. The van der Waals surface area contributed by atoms with Crippen LogP contribution in [-0.4, -0.2) is 20.9 Å². The lowest BCUT2D eigenvalue weighted by Crippen LogP contribution is -2.06. The summed E-state index contributed by atoms with van der Waals surface area (Å²) in [6.07, 6.45) is 1.33. The molecule has 1 aromatic carbocycles. The fourth-order valence-electron chi connectivity index (χ4n) is 1.54. The highest BCUT2D eigenvalue weighted by Gasteiger charge is 2.12. The molecule has 0 aliphatic heterocycles. The van der Waals surface area contributed by atoms with E-state index in [0.29, 0.717) is 6.54 Å². The van der Waals surface area contributed by atoms with Crippen LogP contribution in [0.1, 0.15) is 25.7 Å². The molecule has 0 amide bonds. The predicted octanol–water partition coefficient (Wildman–Crippen LogP) is 2.82. The number of rotatable bonds is 4. The lowest BCUT2D eigenvalue weighted by molar-refractivity contribution is 0.102. The molecule has 17 heavy (non-hydrogen) atoms. The number of carbonyl (C=O) groups excluding carboxylic acids is 1. The van der Waals surface area contributed by atoms with Gasteiger partial charge in [0.25, 0.3) is 0 Å². The Bertz CT molecular complexity index is 608. The van der Waals surface area contributed by atoms with Gasteiger partial charge in [-0.25, -0.2) is 0 Å². The zero-order valence-electron chi connectivity index (χ0n) is 12.1. The molecular weight excluding hydrogens is 280 g/mol. The van der Waals surface area contributed by atoms with E-state index in [1.54, 1.807) is 0 Å². The summed E-state index contributed by atoms with van der Waals surface area (Å²) in [5.41, 5.74) is 1.07. The zero-order valence-corrected chi connectivity index (χ0v) is 10.6. The summed E-state index contributed by atoms with van der Waals surface area (Å²) in [5, 5.41) is 4.14. The molecular formula is C13H13BrN2O. The smallest absolute Gasteiger partial charge is 0.176 e. The quantitative estimate of drug-likeness (QED) is 0.642. The van der Waals surface area contributed by atoms with E-state index in [0.717, 1.165) is 5.56 Å². The van der Waals surface area contributed by atoms with Gasteiger partial charge in [-0.2, -0.15) is 5.10 Å². The van der Waals surface area contributed by atoms with Crippen molar-refractivity contribution in [1.82, 2.24) is 9.78 Å². The van der Waals surface area contributed by atoms with E-state index in [9.17, 15) is 4.79 Å². The van der Waals surface area contributed by atoms with Crippen molar-refractivity contribution in [2.24, 2.45) is 0 Å². The van der Waals surface area contributed by atoms with E-state index in [2.05, 4.69) is 21.0 Å². The predicted molar refractivity (Wildman–Crippen MR) is 70.6 cm³/mol. The molecule has 0 radical (unpaired) electrons. The van der Waals surface area contributed by atoms with Gasteiger partial charge in [-0.1, -0.05) is 46.3 Å². The van der Waals surface area contributed by atoms with Crippen molar-refractivity contribution in [3.8, 4) is 0 Å². The average Bonchev–Trinajstić information content (AvgIpc) is 2.82. The first kappa shape index (κ1) is 8.64. The molecule has 88 valence electrons. The van der Waals surface area contributed by atoms with Crippen molar-refractivity contribution in [1.29, 1.82) is 0 Å². The lowest BCUT2D eigenvalue weighted by atomic mass is 10.2. The topological polar surface area (TPSA) is 34.9 Å². The van der Waals surface area contributed by atoms with Crippen LogP contribution in [-0.2, 0) is 6.54 Å². The normalized spacial score (nSPS) is 13.8. The highest BCUT2D eigenvalue weighted by molar-refractivity contribution is 9.09. The second-order valence-corrected chi connectivity index (χ2v) is 4.17. The Kier molecular flexibility index (Phi) is 2.68. The minimum absolute atomic E-state index is 0.00852. The Morgan fingerprint density at radius 3 is 2.88 bits per heavy atom. The molecule has 0 saturated carbocycles. The first-order valence-electron chi connectivity index (χ1n) is 6.63. The van der Waals surface area contributed by atoms with Gasteiger partial charge < -0.3 is 0 Å². The number of hydrogen-bond acceptors (Lipinski definition) is 2. The summed E-state index contributed by atoms with van der Waals surface area (Å²) >= 11 is 3.06. The molecule has 1 aromatic heterocycles. The molecule has 0 spiro atoms. The summed E-state index contributed by atoms with van der Waals surface area (Å²) in [6.45, 7) is -2.05. The summed E-state index contributed by atoms with van der Waals surface area (Å²) in [4.78, 5) is 11.8. The van der Waals surface area contributed by atoms with Gasteiger partial charge in [0.15, 0.2) is 5.78 Å². The van der Waals surface area contributed by atoms with Crippen LogP contribution in [0.25, 0.3) is 0 Å². The van der Waals surface area contributed by atoms with E-state index in [1.165, 1.54) is 10.9 Å². The largest absolute Gasteiger partial charge is 0.293 e. The van der Waals surface area contributed by atoms with Gasteiger partial charge in [-0.15, -0.1) is 0 Å². The molecule has 0 aliphatic rings. The highest BCUT2D eigenvalue weighted by Crippen LogP contribution is 2.11. The Morgan fingerprint density at radius 2 is 2.24 bits per heavy atom. The fourth-order valence-corrected chi connectivity index (χ4v) is 1.84. The average molecular weight is 296 g/mol. The second kappa shape index (κ2) is 5.27. The standard InChI is InChI=1S/C13H13BrN2O/c1-10-12(13(17)7-14)8-15-16(10)9-11-5-3-2-4-6-11/h2-6,8H,7,9H2,1H3/i1D3. The minimum atomic E-state index is -2.38. The van der Waals surface area contributed by atoms with E-state index < -0.39 is 6.85 Å². The van der Waals surface area contributed by atoms with E-state index in [1.807, 2.05) is 30.3 Å². The maximum Gasteiger partial charge on any atom is 0.176 e. The van der Waals surface area contributed by atoms with E-state index >= 15 is 0 Å². The Balaban J connectivity index is 2.44. The number of Topliss-reactive ketones (excluding diaryl/α,β-unsaturated/α-hetero) is 1. The van der Waals surface area contributed by atoms with E-state index in [-0.39, 0.29) is 22.4 Å². The molecule has 2 aromatic rings. The van der Waals surface area contributed by atoms with Gasteiger partial charge in [-0.05, 0) is 12.4 Å². The molecule has 3 nitrogen and oxygen atoms in total. The van der Waals surface area contributed by atoms with Gasteiger partial charge in [0.05, 0.1) is 23.6 Å². The molecule has 0 N–H and O–H groups in total. The number of alkyl halides is 1. The monoisotopic (exact) mass is 295 g/mol. The fraction of sp³-hybridized carbons (Fsp3) is 0.231. The second-order valence-electron chi connectivity index (χ2n) is 3.61. The van der Waals surface area contributed by atoms with Crippen molar-refractivity contribution < 1.29 is 8.91 Å². The van der Waals surface area contributed by atoms with Crippen molar-refractivity contribution in [3.63, 3.8) is 0 Å². The van der Waals surface area contributed by atoms with Gasteiger partial charge in [0, 0.05) is 9.81 Å². The minimum Gasteiger partial charge on any atom is -0.293 e. The Hall–Kier alpha value is -1.42. The number of benzene rings is 1. The van der Waals surface area contributed by atoms with Crippen molar-refractivity contribution in [2.75, 3.05) is 5.33 Å². The summed E-state index contributed by atoms with van der Waals surface area (Å²) in [6, 6.07) is 9.40. The third kappa shape index (κ3) is 2.64. The van der Waals surface area contributed by atoms with Gasteiger partial charge >= 0.3 is 0 Å². The molecule has 0 bridgehead atoms. The number of ketones is 1. The van der Waals surface area contributed by atoms with Crippen LogP contribution in [0.2, 0.25) is 0 Å². The number of nitrogens with zero attached hydrogens (tertiary/aromatic N) is 2. The molecule has 4 heteroatoms. The molecule has 1 heterocycles. The molecule has 0 fully saturated rings. The molecule has 0 aliphatic carbocycles. The summed E-state index contributed by atoms with van der Waals surface area (Å²) < 4.78 is 24.2. The Morgan fingerprint density at radius 1 is 1.47 bits per heavy atom. The first-order chi connectivity index (χ1) is 9.43. The summed E-state index contributed by atoms with van der Waals surface area (Å²) in [5.74, 6) is -0.282. The van der Waals surface area contributed by atoms with Crippen LogP contribution in [0.5, 0.6) is 0 Å². The lowest BCUT2D eigenvalue weighted by Gasteiger charge is -2.05. The van der Waals surface area contributed by atoms with Crippen molar-refractivity contribution in [2.45, 2.75) is 13.4 Å². The third-order valence-corrected chi connectivity index (χ3v) is 2.95. The van der Waals surface area contributed by atoms with E-state index in [4.69, 9.17) is 4.11 Å². The summed E-state index contributed by atoms with van der Waals surface area (Å²) in [7, 11) is 0. The van der Waals surface area contributed by atoms with Crippen LogP contribution in [0.3, 0.4) is 0 Å². The number of halogens is 1. The molecule has 0 atom stereocenters. The number of aromatic nitrogens is 2. The maximum absolute atomic E-state index is 11.8. The van der Waals surface area contributed by atoms with Crippen LogP contribution in [0, 0.1) is 6.85 Å². The van der Waals surface area contributed by atoms with Gasteiger partial charge in [0.2, 0.25) is 0 Å². The SMILES string of the molecule is [2H]C([2H])([2H])c1c(C(=O)CBr)cnn1Cc1ccccc1. The molecule has 2 rings (SSSR count). The van der Waals surface area contributed by atoms with Gasteiger partial charge in [-0.3, -0.25) is 9.48 Å². The van der Waals surface area contributed by atoms with Crippen molar-refractivity contribution >= 4 is 21.7 Å². The number of carbonyl (C=O) groups is 1. The van der Waals surface area contributed by atoms with Crippen LogP contribution in [0.15, 0.2) is 36.5 Å². The first-order valence-corrected chi connectivity index (χ1v) is 6.25. The Labute approximate surface area is 113 Å². The van der Waals surface area contributed by atoms with Crippen molar-refractivity contribution in [3.05, 3.63) is 53.3 Å². The zero-order chi connectivity index (χ0) is 14.8. The van der Waals surface area contributed by atoms with Crippen LogP contribution < -0.4 is 0 Å². The van der Waals surface area contributed by atoms with Gasteiger partial charge in [0.1, 0.15) is 0 Å².